The van der Waals surface area contributed by atoms with Crippen LogP contribution < -0.4 is 5.56 Å². The van der Waals surface area contributed by atoms with Crippen LogP contribution in [-0.4, -0.2) is 26.4 Å². The molecule has 2 aromatic heterocycles. The minimum absolute atomic E-state index is 0.212. The van der Waals surface area contributed by atoms with Crippen LogP contribution in [0.3, 0.4) is 0 Å². The number of aromatic amines is 2. The van der Waals surface area contributed by atoms with Crippen molar-refractivity contribution in [1.29, 1.82) is 0 Å². The van der Waals surface area contributed by atoms with Gasteiger partial charge >= 0.3 is 6.18 Å². The van der Waals surface area contributed by atoms with Crippen LogP contribution in [-0.2, 0) is 25.7 Å². The van der Waals surface area contributed by atoms with Crippen LogP contribution in [0, 0.1) is 0 Å². The van der Waals surface area contributed by atoms with Gasteiger partial charge in [-0.05, 0) is 24.1 Å². The molecule has 0 saturated carbocycles. The molecule has 0 saturated heterocycles. The van der Waals surface area contributed by atoms with Crippen molar-refractivity contribution in [1.82, 2.24) is 19.9 Å². The summed E-state index contributed by atoms with van der Waals surface area (Å²) in [5, 5.41) is 1.09. The van der Waals surface area contributed by atoms with Gasteiger partial charge in [0.2, 0.25) is 5.82 Å². The Morgan fingerprint density at radius 3 is 2.88 bits per heavy atom. The molecule has 25 heavy (non-hydrogen) atoms. The molecular weight excluding hydrogens is 333 g/mol. The largest absolute Gasteiger partial charge is 0.449 e. The van der Waals surface area contributed by atoms with Crippen molar-refractivity contribution < 1.29 is 13.2 Å². The van der Waals surface area contributed by atoms with Gasteiger partial charge in [-0.15, -0.1) is 0 Å². The van der Waals surface area contributed by atoms with Gasteiger partial charge in [0.1, 0.15) is 0 Å². The summed E-state index contributed by atoms with van der Waals surface area (Å²) >= 11 is 0. The van der Waals surface area contributed by atoms with E-state index in [1.165, 1.54) is 0 Å². The number of alkyl halides is 3. The second-order valence-electron chi connectivity index (χ2n) is 6.15. The number of nitrogens with zero attached hydrogens (tertiary/aromatic N) is 2. The Morgan fingerprint density at radius 1 is 1.24 bits per heavy atom. The van der Waals surface area contributed by atoms with Crippen molar-refractivity contribution in [2.45, 2.75) is 25.7 Å². The van der Waals surface area contributed by atoms with E-state index in [9.17, 15) is 18.0 Å². The molecule has 2 N–H and O–H groups in total. The first kappa shape index (κ1) is 15.9. The molecule has 8 heteroatoms. The lowest BCUT2D eigenvalue weighted by atomic mass is 10.0. The lowest BCUT2D eigenvalue weighted by Gasteiger charge is -2.28. The Hall–Kier alpha value is -2.61. The minimum atomic E-state index is -4.66. The number of hydrogen-bond donors (Lipinski definition) is 2. The van der Waals surface area contributed by atoms with Gasteiger partial charge in [0, 0.05) is 42.3 Å². The fraction of sp³-hybridized carbons (Fsp3) is 0.294. The second-order valence-corrected chi connectivity index (χ2v) is 6.15. The highest BCUT2D eigenvalue weighted by Crippen LogP contribution is 2.27. The molecule has 4 rings (SSSR count). The summed E-state index contributed by atoms with van der Waals surface area (Å²) in [4.78, 5) is 22.6. The number of halogens is 3. The Morgan fingerprint density at radius 2 is 2.08 bits per heavy atom. The molecule has 5 nitrogen and oxygen atoms in total. The molecule has 0 fully saturated rings. The van der Waals surface area contributed by atoms with Crippen molar-refractivity contribution in [3.05, 3.63) is 63.5 Å². The Bertz CT molecular complexity index is 989. The fourth-order valence-electron chi connectivity index (χ4n) is 3.29. The number of fused-ring (bicyclic) bond motifs is 2. The number of benzene rings is 1. The normalized spacial score (nSPS) is 15.5. The quantitative estimate of drug-likeness (QED) is 0.748. The number of nitrogens with one attached hydrogen (secondary N) is 2. The lowest BCUT2D eigenvalue weighted by molar-refractivity contribution is -0.145. The van der Waals surface area contributed by atoms with Crippen LogP contribution in [0.2, 0.25) is 0 Å². The molecule has 0 aliphatic carbocycles. The number of rotatable bonds is 2. The van der Waals surface area contributed by atoms with Crippen LogP contribution in [0.25, 0.3) is 10.9 Å². The molecule has 0 amide bonds. The predicted molar refractivity (Wildman–Crippen MR) is 86.0 cm³/mol. The first-order chi connectivity index (χ1) is 11.9. The Balaban J connectivity index is 1.63. The van der Waals surface area contributed by atoms with Crippen molar-refractivity contribution >= 4 is 10.9 Å². The predicted octanol–water partition coefficient (Wildman–Crippen LogP) is 2.83. The zero-order valence-corrected chi connectivity index (χ0v) is 13.2. The van der Waals surface area contributed by atoms with Gasteiger partial charge in [-0.3, -0.25) is 9.69 Å². The van der Waals surface area contributed by atoms with Crippen molar-refractivity contribution in [3.63, 3.8) is 0 Å². The highest BCUT2D eigenvalue weighted by molar-refractivity contribution is 5.82. The highest BCUT2D eigenvalue weighted by atomic mass is 19.4. The zero-order valence-electron chi connectivity index (χ0n) is 13.2. The number of hydrogen-bond acceptors (Lipinski definition) is 3. The molecule has 0 spiro atoms. The molecule has 1 aromatic carbocycles. The van der Waals surface area contributed by atoms with E-state index in [1.54, 1.807) is 0 Å². The standard InChI is InChI=1S/C17H15F3N4O/c18-17(19,20)16-22-14-9-24(7-5-12(14)15(25)23-16)8-10-2-1-3-13-11(10)4-6-21-13/h1-4,6,21H,5,7-9H2,(H,22,23,25). The maximum atomic E-state index is 12.9. The van der Waals surface area contributed by atoms with E-state index in [0.29, 0.717) is 25.1 Å². The van der Waals surface area contributed by atoms with Gasteiger partial charge in [-0.2, -0.15) is 13.2 Å². The topological polar surface area (TPSA) is 64.8 Å². The van der Waals surface area contributed by atoms with Crippen molar-refractivity contribution in [3.8, 4) is 0 Å². The van der Waals surface area contributed by atoms with Crippen LogP contribution in [0.4, 0.5) is 13.2 Å². The van der Waals surface area contributed by atoms with Crippen LogP contribution in [0.15, 0.2) is 35.3 Å². The van der Waals surface area contributed by atoms with Crippen LogP contribution >= 0.6 is 0 Å². The summed E-state index contributed by atoms with van der Waals surface area (Å²) in [5.74, 6) is -1.23. The highest BCUT2D eigenvalue weighted by Gasteiger charge is 2.36. The molecule has 130 valence electrons. The fourth-order valence-corrected chi connectivity index (χ4v) is 3.29. The smallest absolute Gasteiger partial charge is 0.361 e. The van der Waals surface area contributed by atoms with E-state index in [-0.39, 0.29) is 12.2 Å². The summed E-state index contributed by atoms with van der Waals surface area (Å²) in [6.07, 6.45) is -2.41. The molecule has 0 unspecified atom stereocenters. The maximum Gasteiger partial charge on any atom is 0.449 e. The third kappa shape index (κ3) is 2.93. The maximum absolute atomic E-state index is 12.9. The van der Waals surface area contributed by atoms with Crippen LogP contribution in [0.5, 0.6) is 0 Å². The van der Waals surface area contributed by atoms with Gasteiger partial charge in [-0.25, -0.2) is 4.98 Å². The Labute approximate surface area is 140 Å². The first-order valence-electron chi connectivity index (χ1n) is 7.88. The molecule has 1 aliphatic rings. The molecule has 0 bridgehead atoms. The monoisotopic (exact) mass is 348 g/mol. The third-order valence-electron chi connectivity index (χ3n) is 4.50. The first-order valence-corrected chi connectivity index (χ1v) is 7.88. The number of H-pyrrole nitrogens is 2. The summed E-state index contributed by atoms with van der Waals surface area (Å²) in [7, 11) is 0. The molecular formula is C17H15F3N4O. The summed E-state index contributed by atoms with van der Waals surface area (Å²) in [5.41, 5.74) is 1.98. The zero-order chi connectivity index (χ0) is 17.6. The molecule has 0 radical (unpaired) electrons. The van der Waals surface area contributed by atoms with Gasteiger partial charge in [0.25, 0.3) is 5.56 Å². The van der Waals surface area contributed by atoms with E-state index in [0.717, 1.165) is 16.5 Å². The van der Waals surface area contributed by atoms with E-state index in [1.807, 2.05) is 40.3 Å². The summed E-state index contributed by atoms with van der Waals surface area (Å²) in [6, 6.07) is 7.89. The summed E-state index contributed by atoms with van der Waals surface area (Å²) < 4.78 is 38.6. The number of aromatic nitrogens is 3. The second kappa shape index (κ2) is 5.73. The summed E-state index contributed by atoms with van der Waals surface area (Å²) in [6.45, 7) is 1.41. The molecule has 3 heterocycles. The van der Waals surface area contributed by atoms with Gasteiger partial charge in [-0.1, -0.05) is 12.1 Å². The third-order valence-corrected chi connectivity index (χ3v) is 4.50. The molecule has 3 aromatic rings. The SMILES string of the molecule is O=c1[nH]c(C(F)(F)F)nc2c1CCN(Cc1cccc3[nH]ccc13)C2. The average Bonchev–Trinajstić information content (AvgIpc) is 3.03. The average molecular weight is 348 g/mol. The van der Waals surface area contributed by atoms with Gasteiger partial charge in [0.15, 0.2) is 0 Å². The van der Waals surface area contributed by atoms with Gasteiger partial charge < -0.3 is 9.97 Å². The van der Waals surface area contributed by atoms with Crippen molar-refractivity contribution in [2.24, 2.45) is 0 Å². The van der Waals surface area contributed by atoms with Crippen molar-refractivity contribution in [2.75, 3.05) is 6.54 Å². The Kier molecular flexibility index (Phi) is 3.64. The van der Waals surface area contributed by atoms with Gasteiger partial charge in [0.05, 0.1) is 5.69 Å². The lowest BCUT2D eigenvalue weighted by Crippen LogP contribution is -2.36. The molecule has 0 atom stereocenters. The van der Waals surface area contributed by atoms with E-state index in [4.69, 9.17) is 0 Å². The molecule has 1 aliphatic heterocycles. The van der Waals surface area contributed by atoms with E-state index >= 15 is 0 Å². The van der Waals surface area contributed by atoms with Crippen LogP contribution in [0.1, 0.15) is 22.6 Å². The van der Waals surface area contributed by atoms with E-state index < -0.39 is 17.6 Å². The minimum Gasteiger partial charge on any atom is -0.361 e. The van der Waals surface area contributed by atoms with E-state index in [2.05, 4.69) is 9.97 Å².